The minimum absolute atomic E-state index is 0.569. The summed E-state index contributed by atoms with van der Waals surface area (Å²) in [5, 5.41) is 1.90. The zero-order chi connectivity index (χ0) is 14.4. The van der Waals surface area contributed by atoms with E-state index >= 15 is 0 Å². The van der Waals surface area contributed by atoms with Crippen LogP contribution < -0.4 is 4.74 Å². The second kappa shape index (κ2) is 4.65. The number of methoxy groups -OCH3 is 1. The first-order valence-electron chi connectivity index (χ1n) is 7.30. The Morgan fingerprint density at radius 3 is 2.76 bits per heavy atom. The Hall–Kier alpha value is -2.23. The second-order valence-electron chi connectivity index (χ2n) is 5.76. The van der Waals surface area contributed by atoms with Crippen molar-refractivity contribution in [2.45, 2.75) is 12.8 Å². The van der Waals surface area contributed by atoms with E-state index < -0.39 is 0 Å². The summed E-state index contributed by atoms with van der Waals surface area (Å²) in [6.07, 6.45) is 7.15. The number of rotatable bonds is 3. The van der Waals surface area contributed by atoms with Crippen LogP contribution in [0.4, 0.5) is 0 Å². The highest BCUT2D eigenvalue weighted by Gasteiger charge is 2.31. The maximum absolute atomic E-state index is 11.0. The molecule has 1 fully saturated rings. The maximum Gasteiger partial charge on any atom is 0.150 e. The Morgan fingerprint density at radius 2 is 2.14 bits per heavy atom. The number of furan rings is 1. The molecule has 21 heavy (non-hydrogen) atoms. The fourth-order valence-electron chi connectivity index (χ4n) is 3.50. The highest BCUT2D eigenvalue weighted by molar-refractivity contribution is 5.99. The number of ether oxygens (including phenoxy) is 1. The quantitative estimate of drug-likeness (QED) is 0.810. The number of carbonyl (C=O) groups is 1. The van der Waals surface area contributed by atoms with E-state index in [1.165, 1.54) is 18.4 Å². The van der Waals surface area contributed by atoms with Gasteiger partial charge in [0.25, 0.3) is 0 Å². The van der Waals surface area contributed by atoms with Crippen LogP contribution >= 0.6 is 0 Å². The first kappa shape index (κ1) is 12.5. The summed E-state index contributed by atoms with van der Waals surface area (Å²) in [5.41, 5.74) is 1.87. The van der Waals surface area contributed by atoms with E-state index in [0.717, 1.165) is 35.9 Å². The van der Waals surface area contributed by atoms with Crippen LogP contribution in [0.2, 0.25) is 0 Å². The topological polar surface area (TPSA) is 42.7 Å². The lowest BCUT2D eigenvalue weighted by Crippen LogP contribution is -2.35. The predicted octanol–water partition coefficient (Wildman–Crippen LogP) is 3.32. The van der Waals surface area contributed by atoms with Gasteiger partial charge >= 0.3 is 0 Å². The van der Waals surface area contributed by atoms with Gasteiger partial charge in [-0.3, -0.25) is 4.79 Å². The highest BCUT2D eigenvalue weighted by Crippen LogP contribution is 2.43. The number of allylic oxidation sites excluding steroid dienone is 1. The molecule has 4 nitrogen and oxygen atoms in total. The standard InChI is InChI=1S/C17H17NO3/c1-20-15-7-11(9-19)6-13-10-21-17(16(13)15)14-8-18-4-2-12(14)3-5-18/h6-10,12H,2-5H2,1H3. The molecule has 0 radical (unpaired) electrons. The number of hydrogen-bond donors (Lipinski definition) is 0. The largest absolute Gasteiger partial charge is 0.496 e. The summed E-state index contributed by atoms with van der Waals surface area (Å²) in [6, 6.07) is 3.62. The van der Waals surface area contributed by atoms with Crippen molar-refractivity contribution in [3.05, 3.63) is 35.9 Å². The van der Waals surface area contributed by atoms with Gasteiger partial charge in [-0.2, -0.15) is 0 Å². The number of hydrogen-bond acceptors (Lipinski definition) is 4. The van der Waals surface area contributed by atoms with Crippen LogP contribution in [0.25, 0.3) is 16.3 Å². The lowest BCUT2D eigenvalue weighted by atomic mass is 9.84. The zero-order valence-corrected chi connectivity index (χ0v) is 12.0. The lowest BCUT2D eigenvalue weighted by Gasteiger charge is -2.38. The minimum Gasteiger partial charge on any atom is -0.496 e. The van der Waals surface area contributed by atoms with Crippen LogP contribution in [-0.4, -0.2) is 31.4 Å². The second-order valence-corrected chi connectivity index (χ2v) is 5.76. The summed E-state index contributed by atoms with van der Waals surface area (Å²) >= 11 is 0. The number of aldehydes is 1. The Balaban J connectivity index is 1.92. The van der Waals surface area contributed by atoms with E-state index in [1.54, 1.807) is 19.4 Å². The molecule has 3 aliphatic heterocycles. The smallest absolute Gasteiger partial charge is 0.150 e. The van der Waals surface area contributed by atoms with Gasteiger partial charge in [-0.25, -0.2) is 0 Å². The van der Waals surface area contributed by atoms with Crippen molar-refractivity contribution in [2.24, 2.45) is 5.92 Å². The van der Waals surface area contributed by atoms with Gasteiger partial charge in [-0.05, 0) is 30.9 Å². The number of piperidine rings is 1. The molecule has 2 aromatic rings. The van der Waals surface area contributed by atoms with E-state index in [2.05, 4.69) is 11.1 Å². The summed E-state index contributed by atoms with van der Waals surface area (Å²) in [5.74, 6) is 2.17. The summed E-state index contributed by atoms with van der Waals surface area (Å²) in [7, 11) is 1.63. The van der Waals surface area contributed by atoms with Crippen molar-refractivity contribution in [3.8, 4) is 5.75 Å². The molecule has 108 valence electrons. The van der Waals surface area contributed by atoms with Gasteiger partial charge in [0.1, 0.15) is 17.8 Å². The molecule has 0 saturated carbocycles. The van der Waals surface area contributed by atoms with Gasteiger partial charge in [-0.1, -0.05) is 0 Å². The molecule has 0 spiro atoms. The van der Waals surface area contributed by atoms with Gasteiger partial charge < -0.3 is 14.1 Å². The average molecular weight is 283 g/mol. The number of carbonyl (C=O) groups excluding carboxylic acids is 1. The van der Waals surface area contributed by atoms with Gasteiger partial charge in [0, 0.05) is 35.8 Å². The molecule has 2 bridgehead atoms. The number of fused-ring (bicyclic) bond motifs is 3. The fraction of sp³-hybridized carbons (Fsp3) is 0.353. The van der Waals surface area contributed by atoms with Gasteiger partial charge in [0.2, 0.25) is 0 Å². The normalized spacial score (nSPS) is 18.1. The fourth-order valence-corrected chi connectivity index (χ4v) is 3.50. The molecule has 0 amide bonds. The molecule has 3 aliphatic rings. The van der Waals surface area contributed by atoms with E-state index in [0.29, 0.717) is 17.2 Å². The van der Waals surface area contributed by atoms with Gasteiger partial charge in [0.05, 0.1) is 18.8 Å². The molecule has 1 saturated heterocycles. The molecular weight excluding hydrogens is 266 g/mol. The molecule has 0 N–H and O–H groups in total. The first-order chi connectivity index (χ1) is 10.3. The number of benzene rings is 1. The third-order valence-electron chi connectivity index (χ3n) is 4.60. The number of nitrogens with zero attached hydrogens (tertiary/aromatic N) is 1. The Kier molecular flexibility index (Phi) is 2.77. The molecule has 0 atom stereocenters. The van der Waals surface area contributed by atoms with E-state index in [9.17, 15) is 4.79 Å². The van der Waals surface area contributed by atoms with Crippen LogP contribution in [0, 0.1) is 5.92 Å². The molecule has 0 aliphatic carbocycles. The Bertz CT molecular complexity index is 736. The average Bonchev–Trinajstić information content (AvgIpc) is 2.98. The van der Waals surface area contributed by atoms with Crippen LogP contribution in [0.3, 0.4) is 0 Å². The van der Waals surface area contributed by atoms with Crippen molar-refractivity contribution in [1.82, 2.24) is 4.90 Å². The zero-order valence-electron chi connectivity index (χ0n) is 12.0. The molecular formula is C17H17NO3. The van der Waals surface area contributed by atoms with Crippen molar-refractivity contribution < 1.29 is 13.9 Å². The van der Waals surface area contributed by atoms with Crippen molar-refractivity contribution in [1.29, 1.82) is 0 Å². The Labute approximate surface area is 123 Å². The monoisotopic (exact) mass is 283 g/mol. The predicted molar refractivity (Wildman–Crippen MR) is 80.4 cm³/mol. The third kappa shape index (κ3) is 1.86. The maximum atomic E-state index is 11.0. The van der Waals surface area contributed by atoms with Gasteiger partial charge in [-0.15, -0.1) is 0 Å². The van der Waals surface area contributed by atoms with Crippen LogP contribution in [-0.2, 0) is 0 Å². The third-order valence-corrected chi connectivity index (χ3v) is 4.60. The van der Waals surface area contributed by atoms with Crippen molar-refractivity contribution in [3.63, 3.8) is 0 Å². The molecule has 4 heterocycles. The molecule has 5 rings (SSSR count). The lowest BCUT2D eigenvalue weighted by molar-refractivity contribution is 0.112. The first-order valence-corrected chi connectivity index (χ1v) is 7.30. The van der Waals surface area contributed by atoms with Gasteiger partial charge in [0.15, 0.2) is 0 Å². The Morgan fingerprint density at radius 1 is 1.33 bits per heavy atom. The minimum atomic E-state index is 0.569. The van der Waals surface area contributed by atoms with E-state index in [1.807, 2.05) is 6.07 Å². The molecule has 1 aromatic heterocycles. The molecule has 0 unspecified atom stereocenters. The SMILES string of the molecule is COc1cc(C=O)cc2coc(C3=CN4CCC3CC4)c12. The van der Waals surface area contributed by atoms with E-state index in [4.69, 9.17) is 9.15 Å². The highest BCUT2D eigenvalue weighted by atomic mass is 16.5. The van der Waals surface area contributed by atoms with E-state index in [-0.39, 0.29) is 0 Å². The molecule has 1 aromatic carbocycles. The van der Waals surface area contributed by atoms with Crippen LogP contribution in [0.5, 0.6) is 5.75 Å². The van der Waals surface area contributed by atoms with Crippen LogP contribution in [0.1, 0.15) is 29.0 Å². The molecule has 4 heteroatoms. The van der Waals surface area contributed by atoms with Crippen molar-refractivity contribution >= 4 is 22.6 Å². The summed E-state index contributed by atoms with van der Waals surface area (Å²) in [6.45, 7) is 2.28. The van der Waals surface area contributed by atoms with Crippen LogP contribution in [0.15, 0.2) is 29.0 Å². The van der Waals surface area contributed by atoms with Crippen molar-refractivity contribution in [2.75, 3.05) is 20.2 Å². The summed E-state index contributed by atoms with van der Waals surface area (Å²) < 4.78 is 11.3. The summed E-state index contributed by atoms with van der Waals surface area (Å²) in [4.78, 5) is 13.4.